The second kappa shape index (κ2) is 6.20. The number of benzene rings is 2. The monoisotopic (exact) mass is 739 g/mol. The van der Waals surface area contributed by atoms with Crippen LogP contribution in [0.1, 0.15) is 16.7 Å². The number of halogens is 7. The van der Waals surface area contributed by atoms with Crippen LogP contribution in [0, 0.1) is 0 Å². The van der Waals surface area contributed by atoms with Crippen LogP contribution in [0.15, 0.2) is 51.4 Å². The number of hydrogen-bond donors (Lipinski definition) is 0. The summed E-state index contributed by atoms with van der Waals surface area (Å²) < 4.78 is 0.499. The zero-order valence-corrected chi connectivity index (χ0v) is 21.8. The Morgan fingerprint density at radius 3 is 1.91 bits per heavy atom. The van der Waals surface area contributed by atoms with Crippen molar-refractivity contribution in [1.82, 2.24) is 0 Å². The first-order valence-electron chi connectivity index (χ1n) is 6.14. The first kappa shape index (κ1) is 18.6. The maximum atomic E-state index is 4.02. The summed E-state index contributed by atoms with van der Waals surface area (Å²) in [5.74, 6) is 0. The van der Waals surface area contributed by atoms with Crippen LogP contribution >= 0.6 is 112 Å². The molecule has 1 aliphatic carbocycles. The number of alkyl halides is 5. The van der Waals surface area contributed by atoms with E-state index in [4.69, 9.17) is 0 Å². The lowest BCUT2D eigenvalue weighted by Crippen LogP contribution is -2.41. The molecule has 0 aliphatic heterocycles. The molecule has 2 aromatic carbocycles. The quantitative estimate of drug-likeness (QED) is 0.258. The van der Waals surface area contributed by atoms with Gasteiger partial charge < -0.3 is 0 Å². The Hall–Kier alpha value is 1.80. The van der Waals surface area contributed by atoms with Gasteiger partial charge in [0.15, 0.2) is 0 Å². The van der Waals surface area contributed by atoms with E-state index >= 15 is 0 Å². The van der Waals surface area contributed by atoms with Gasteiger partial charge in [0.25, 0.3) is 0 Å². The fraction of sp³-hybridized carbons (Fsp3) is 0.200. The van der Waals surface area contributed by atoms with Crippen LogP contribution in [-0.2, 0) is 7.56 Å². The Balaban J connectivity index is 2.42. The predicted octanol–water partition coefficient (Wildman–Crippen LogP) is 8.29. The van der Waals surface area contributed by atoms with Gasteiger partial charge in [0.1, 0.15) is 10.8 Å². The lowest BCUT2D eigenvalue weighted by atomic mass is 9.92. The van der Waals surface area contributed by atoms with Crippen LogP contribution in [0.4, 0.5) is 0 Å². The molecule has 0 radical (unpaired) electrons. The van der Waals surface area contributed by atoms with Gasteiger partial charge in [-0.2, -0.15) is 0 Å². The third-order valence-corrected chi connectivity index (χ3v) is 14.8. The minimum absolute atomic E-state index is 0.465. The summed E-state index contributed by atoms with van der Waals surface area (Å²) >= 11 is 26.9. The Kier molecular flexibility index (Phi) is 5.24. The molecule has 0 spiro atoms. The molecule has 116 valence electrons. The predicted molar refractivity (Wildman–Crippen MR) is 118 cm³/mol. The van der Waals surface area contributed by atoms with Crippen molar-refractivity contribution in [3.8, 4) is 0 Å². The fourth-order valence-corrected chi connectivity index (χ4v) is 8.32. The fourth-order valence-electron chi connectivity index (χ4n) is 2.69. The second-order valence-corrected chi connectivity index (χ2v) is 14.7. The average Bonchev–Trinajstić information content (AvgIpc) is 2.60. The van der Waals surface area contributed by atoms with Gasteiger partial charge >= 0.3 is 0 Å². The molecule has 22 heavy (non-hydrogen) atoms. The molecule has 0 fully saturated rings. The van der Waals surface area contributed by atoms with E-state index in [-0.39, 0.29) is 0 Å². The van der Waals surface area contributed by atoms with Gasteiger partial charge in [-0.15, -0.1) is 0 Å². The maximum Gasteiger partial charge on any atom is 0.134 e. The van der Waals surface area contributed by atoms with Gasteiger partial charge in [-0.25, -0.2) is 0 Å². The number of hydrogen-bond acceptors (Lipinski definition) is 0. The molecular formula is C15H7Br7. The van der Waals surface area contributed by atoms with Crippen LogP contribution in [0.5, 0.6) is 0 Å². The van der Waals surface area contributed by atoms with Crippen molar-refractivity contribution < 1.29 is 0 Å². The average molecular weight is 747 g/mol. The highest BCUT2D eigenvalue weighted by Gasteiger charge is 2.67. The van der Waals surface area contributed by atoms with Crippen molar-refractivity contribution in [2.75, 3.05) is 0 Å². The first-order valence-corrected chi connectivity index (χ1v) is 11.7. The molecule has 0 bridgehead atoms. The van der Waals surface area contributed by atoms with Crippen LogP contribution in [0.2, 0.25) is 0 Å². The molecular weight excluding hydrogens is 739 g/mol. The highest BCUT2D eigenvalue weighted by molar-refractivity contribution is 9.30. The third kappa shape index (κ3) is 2.39. The molecule has 0 saturated heterocycles. The molecule has 1 atom stereocenters. The third-order valence-electron chi connectivity index (χ3n) is 3.78. The standard InChI is InChI=1S/C15H7Br7/c16-10-7-6-9-11(12(10)17)14(19,20)15(21,22)13(9,18)8-4-2-1-3-5-8/h1-7H. The van der Waals surface area contributed by atoms with Crippen LogP contribution in [0.3, 0.4) is 0 Å². The molecule has 1 unspecified atom stereocenters. The van der Waals surface area contributed by atoms with Gasteiger partial charge in [0, 0.05) is 14.5 Å². The molecule has 0 amide bonds. The van der Waals surface area contributed by atoms with Crippen LogP contribution in [0.25, 0.3) is 0 Å². The lowest BCUT2D eigenvalue weighted by Gasteiger charge is -2.39. The highest BCUT2D eigenvalue weighted by Crippen LogP contribution is 2.74. The largest absolute Gasteiger partial charge is 0.134 e. The molecule has 1 aliphatic rings. The summed E-state index contributed by atoms with van der Waals surface area (Å²) in [4.78, 5) is 0. The molecule has 7 heteroatoms. The van der Waals surface area contributed by atoms with Gasteiger partial charge in [-0.05, 0) is 49.1 Å². The van der Waals surface area contributed by atoms with Gasteiger partial charge in [-0.1, -0.05) is 116 Å². The summed E-state index contributed by atoms with van der Waals surface area (Å²) in [7, 11) is 0. The number of fused-ring (bicyclic) bond motifs is 1. The van der Waals surface area contributed by atoms with Gasteiger partial charge in [0.2, 0.25) is 0 Å². The summed E-state index contributed by atoms with van der Waals surface area (Å²) in [5.41, 5.74) is 3.44. The van der Waals surface area contributed by atoms with Gasteiger partial charge in [0.05, 0.1) is 0 Å². The summed E-state index contributed by atoms with van der Waals surface area (Å²) in [6.07, 6.45) is 0. The van der Waals surface area contributed by atoms with Crippen LogP contribution < -0.4 is 0 Å². The van der Waals surface area contributed by atoms with Crippen molar-refractivity contribution in [2.45, 2.75) is 10.8 Å². The summed E-state index contributed by atoms with van der Waals surface area (Å²) in [6, 6.07) is 14.5. The van der Waals surface area contributed by atoms with Crippen molar-refractivity contribution in [3.05, 3.63) is 68.1 Å². The van der Waals surface area contributed by atoms with E-state index in [9.17, 15) is 0 Å². The van der Waals surface area contributed by atoms with E-state index in [2.05, 4.69) is 136 Å². The molecule has 3 rings (SSSR count). The van der Waals surface area contributed by atoms with E-state index in [0.717, 1.165) is 25.6 Å². The lowest BCUT2D eigenvalue weighted by molar-refractivity contribution is 0.713. The maximum absolute atomic E-state index is 4.02. The van der Waals surface area contributed by atoms with E-state index in [0.29, 0.717) is 0 Å². The summed E-state index contributed by atoms with van der Waals surface area (Å²) in [6.45, 7) is 0. The second-order valence-electron chi connectivity index (χ2n) is 4.96. The summed E-state index contributed by atoms with van der Waals surface area (Å²) in [5, 5.41) is 0. The molecule has 0 N–H and O–H groups in total. The van der Waals surface area contributed by atoms with Crippen LogP contribution in [-0.4, -0.2) is 3.23 Å². The molecule has 0 saturated carbocycles. The molecule has 2 aromatic rings. The number of rotatable bonds is 1. The topological polar surface area (TPSA) is 0 Å². The Morgan fingerprint density at radius 1 is 0.727 bits per heavy atom. The zero-order chi connectivity index (χ0) is 16.3. The van der Waals surface area contributed by atoms with Crippen molar-refractivity contribution in [3.63, 3.8) is 0 Å². The van der Waals surface area contributed by atoms with Crippen molar-refractivity contribution in [2.24, 2.45) is 0 Å². The molecule has 0 aromatic heterocycles. The van der Waals surface area contributed by atoms with E-state index < -0.39 is 10.8 Å². The minimum atomic E-state index is -0.535. The Labute approximate surface area is 188 Å². The minimum Gasteiger partial charge on any atom is -0.0722 e. The zero-order valence-electron chi connectivity index (χ0n) is 10.7. The van der Waals surface area contributed by atoms with Crippen molar-refractivity contribution in [1.29, 1.82) is 0 Å². The SMILES string of the molecule is Brc1ccc2c(c1Br)C(Br)(Br)C(Br)(Br)C2(Br)c1ccccc1. The molecule has 0 nitrogen and oxygen atoms in total. The van der Waals surface area contributed by atoms with Gasteiger partial charge in [-0.3, -0.25) is 0 Å². The smallest absolute Gasteiger partial charge is 0.0722 e. The molecule has 0 heterocycles. The first-order chi connectivity index (χ1) is 10.2. The highest BCUT2D eigenvalue weighted by atomic mass is 79.9. The van der Waals surface area contributed by atoms with Crippen molar-refractivity contribution >= 4 is 112 Å². The van der Waals surface area contributed by atoms with E-state index in [1.165, 1.54) is 0 Å². The van der Waals surface area contributed by atoms with E-state index in [1.807, 2.05) is 18.2 Å². The Bertz CT molecular complexity index is 739. The normalized spacial score (nSPS) is 25.0. The Morgan fingerprint density at radius 2 is 1.32 bits per heavy atom. The van der Waals surface area contributed by atoms with E-state index in [1.54, 1.807) is 0 Å².